The molecule has 64 valence electrons. The average molecular weight is 160 g/mol. The number of rotatable bonds is 2. The van der Waals surface area contributed by atoms with E-state index >= 15 is 0 Å². The van der Waals surface area contributed by atoms with Gasteiger partial charge in [-0.25, -0.2) is 0 Å². The Hall–Kier alpha value is -1.04. The van der Waals surface area contributed by atoms with Crippen molar-refractivity contribution in [3.63, 3.8) is 0 Å². The van der Waals surface area contributed by atoms with Crippen molar-refractivity contribution in [3.8, 4) is 0 Å². The Labute approximate surface area is 74.2 Å². The molecule has 1 rings (SSSR count). The van der Waals surface area contributed by atoms with E-state index in [4.69, 9.17) is 0 Å². The molecular formula is C12H16. The molecule has 0 aliphatic rings. The minimum atomic E-state index is 1.14. The van der Waals surface area contributed by atoms with Crippen LogP contribution in [0.15, 0.2) is 18.2 Å². The van der Waals surface area contributed by atoms with Gasteiger partial charge in [-0.1, -0.05) is 44.2 Å². The molecule has 0 radical (unpaired) electrons. The lowest BCUT2D eigenvalue weighted by Gasteiger charge is -1.94. The maximum atomic E-state index is 4.00. The number of benzene rings is 1. The summed E-state index contributed by atoms with van der Waals surface area (Å²) in [7, 11) is 0. The molecule has 0 bridgehead atoms. The third-order valence-electron chi connectivity index (χ3n) is 2.05. The van der Waals surface area contributed by atoms with Crippen molar-refractivity contribution < 1.29 is 0 Å². The molecule has 0 nitrogen and oxygen atoms in total. The molecule has 0 spiro atoms. The molecule has 1 aromatic rings. The second kappa shape index (κ2) is 4.10. The second-order valence-corrected chi connectivity index (χ2v) is 3.14. The van der Waals surface area contributed by atoms with E-state index < -0.39 is 0 Å². The van der Waals surface area contributed by atoms with Crippen molar-refractivity contribution in [2.24, 2.45) is 0 Å². The highest BCUT2D eigenvalue weighted by Crippen LogP contribution is 1.89. The van der Waals surface area contributed by atoms with Gasteiger partial charge in [0.25, 0.3) is 0 Å². The fourth-order valence-electron chi connectivity index (χ4n) is 1.32. The highest BCUT2D eigenvalue weighted by atomic mass is 13.9. The normalized spacial score (nSPS) is 12.0. The molecule has 1 aromatic carbocycles. The Morgan fingerprint density at radius 3 is 2.75 bits per heavy atom. The fraction of sp³-hybridized carbons (Fsp3) is 0.333. The van der Waals surface area contributed by atoms with Crippen LogP contribution in [0.4, 0.5) is 0 Å². The molecular weight excluding hydrogens is 144 g/mol. The standard InChI is InChI=1S/C12H16/c1-4-5-9-12-10(2)7-6-8-11(12)3/h6-9H,2,4-5H2,1,3H3/b12-9+. The largest absolute Gasteiger partial charge is 0.0912 e. The molecule has 0 unspecified atom stereocenters. The van der Waals surface area contributed by atoms with Crippen molar-refractivity contribution in [3.05, 3.63) is 34.2 Å². The number of hydrogen-bond donors (Lipinski definition) is 0. The summed E-state index contributed by atoms with van der Waals surface area (Å²) >= 11 is 0. The maximum Gasteiger partial charge on any atom is -0.0201 e. The van der Waals surface area contributed by atoms with Crippen LogP contribution in [-0.2, 0) is 0 Å². The Morgan fingerprint density at radius 2 is 2.17 bits per heavy atom. The fourth-order valence-corrected chi connectivity index (χ4v) is 1.32. The van der Waals surface area contributed by atoms with E-state index in [0.29, 0.717) is 0 Å². The Balaban J connectivity index is 3.22. The summed E-state index contributed by atoms with van der Waals surface area (Å²) in [6.07, 6.45) is 4.62. The Kier molecular flexibility index (Phi) is 3.09. The van der Waals surface area contributed by atoms with Crippen molar-refractivity contribution >= 4 is 12.7 Å². The highest BCUT2D eigenvalue weighted by Gasteiger charge is 1.87. The van der Waals surface area contributed by atoms with Gasteiger partial charge in [-0.2, -0.15) is 0 Å². The van der Waals surface area contributed by atoms with Gasteiger partial charge in [0.1, 0.15) is 0 Å². The molecule has 0 amide bonds. The summed E-state index contributed by atoms with van der Waals surface area (Å²) in [5.74, 6) is 0. The topological polar surface area (TPSA) is 0 Å². The molecule has 0 aromatic heterocycles. The van der Waals surface area contributed by atoms with Gasteiger partial charge in [0.15, 0.2) is 0 Å². The lowest BCUT2D eigenvalue weighted by Crippen LogP contribution is -2.25. The van der Waals surface area contributed by atoms with Crippen LogP contribution in [0.25, 0.3) is 12.7 Å². The van der Waals surface area contributed by atoms with Crippen LogP contribution in [0.5, 0.6) is 0 Å². The first-order valence-electron chi connectivity index (χ1n) is 4.50. The summed E-state index contributed by atoms with van der Waals surface area (Å²) < 4.78 is 0. The molecule has 0 fully saturated rings. The van der Waals surface area contributed by atoms with E-state index in [0.717, 1.165) is 11.6 Å². The summed E-state index contributed by atoms with van der Waals surface area (Å²) in [6.45, 7) is 8.33. The van der Waals surface area contributed by atoms with Gasteiger partial charge in [0.05, 0.1) is 0 Å². The van der Waals surface area contributed by atoms with E-state index in [1.165, 1.54) is 17.2 Å². The average Bonchev–Trinajstić information content (AvgIpc) is 2.04. The van der Waals surface area contributed by atoms with Crippen LogP contribution in [0, 0.1) is 6.92 Å². The summed E-state index contributed by atoms with van der Waals surface area (Å²) in [5.41, 5.74) is 1.33. The van der Waals surface area contributed by atoms with Gasteiger partial charge in [0, 0.05) is 0 Å². The van der Waals surface area contributed by atoms with E-state index in [9.17, 15) is 0 Å². The van der Waals surface area contributed by atoms with Crippen LogP contribution in [0.2, 0.25) is 0 Å². The van der Waals surface area contributed by atoms with Crippen LogP contribution in [-0.4, -0.2) is 0 Å². The molecule has 0 heterocycles. The number of aryl methyl sites for hydroxylation is 1. The van der Waals surface area contributed by atoms with E-state index in [1.54, 1.807) is 0 Å². The second-order valence-electron chi connectivity index (χ2n) is 3.14. The number of hydrogen-bond acceptors (Lipinski definition) is 0. The first kappa shape index (κ1) is 9.05. The van der Waals surface area contributed by atoms with Gasteiger partial charge in [-0.15, -0.1) is 0 Å². The lowest BCUT2D eigenvalue weighted by atomic mass is 10.1. The predicted octanol–water partition coefficient (Wildman–Crippen LogP) is 1.99. The van der Waals surface area contributed by atoms with Crippen LogP contribution >= 0.6 is 0 Å². The summed E-state index contributed by atoms with van der Waals surface area (Å²) in [6, 6.07) is 6.26. The summed E-state index contributed by atoms with van der Waals surface area (Å²) in [5, 5.41) is 2.46. The van der Waals surface area contributed by atoms with E-state index in [1.807, 2.05) is 0 Å². The van der Waals surface area contributed by atoms with Crippen LogP contribution in [0.3, 0.4) is 0 Å². The predicted molar refractivity (Wildman–Crippen MR) is 55.3 cm³/mol. The molecule has 0 saturated heterocycles. The van der Waals surface area contributed by atoms with E-state index in [-0.39, 0.29) is 0 Å². The molecule has 0 N–H and O–H groups in total. The van der Waals surface area contributed by atoms with Crippen LogP contribution in [0.1, 0.15) is 25.3 Å². The zero-order chi connectivity index (χ0) is 8.97. The van der Waals surface area contributed by atoms with E-state index in [2.05, 4.69) is 44.7 Å². The Bertz CT molecular complexity index is 347. The first-order valence-corrected chi connectivity index (χ1v) is 4.50. The van der Waals surface area contributed by atoms with Gasteiger partial charge in [0.2, 0.25) is 0 Å². The third-order valence-corrected chi connectivity index (χ3v) is 2.05. The van der Waals surface area contributed by atoms with Crippen molar-refractivity contribution in [2.45, 2.75) is 26.7 Å². The summed E-state index contributed by atoms with van der Waals surface area (Å²) in [4.78, 5) is 0. The first-order chi connectivity index (χ1) is 5.75. The van der Waals surface area contributed by atoms with Gasteiger partial charge in [-0.3, -0.25) is 0 Å². The van der Waals surface area contributed by atoms with Crippen molar-refractivity contribution in [1.29, 1.82) is 0 Å². The minimum Gasteiger partial charge on any atom is -0.0912 e. The monoisotopic (exact) mass is 160 g/mol. The van der Waals surface area contributed by atoms with Crippen LogP contribution < -0.4 is 10.4 Å². The zero-order valence-electron chi connectivity index (χ0n) is 7.93. The quantitative estimate of drug-likeness (QED) is 0.620. The smallest absolute Gasteiger partial charge is 0.0201 e. The number of unbranched alkanes of at least 4 members (excludes halogenated alkanes) is 1. The SMILES string of the molecule is C=c1cccc(C)/c1=C/CCC. The highest BCUT2D eigenvalue weighted by molar-refractivity contribution is 5.31. The lowest BCUT2D eigenvalue weighted by molar-refractivity contribution is 0.990. The van der Waals surface area contributed by atoms with Crippen molar-refractivity contribution in [2.75, 3.05) is 0 Å². The minimum absolute atomic E-state index is 1.14. The zero-order valence-corrected chi connectivity index (χ0v) is 7.93. The third kappa shape index (κ3) is 1.97. The van der Waals surface area contributed by atoms with Gasteiger partial charge >= 0.3 is 0 Å². The Morgan fingerprint density at radius 1 is 1.42 bits per heavy atom. The van der Waals surface area contributed by atoms with Crippen molar-refractivity contribution in [1.82, 2.24) is 0 Å². The molecule has 0 heteroatoms. The molecule has 0 aliphatic carbocycles. The van der Waals surface area contributed by atoms with Gasteiger partial charge < -0.3 is 0 Å². The maximum absolute atomic E-state index is 4.00. The van der Waals surface area contributed by atoms with Gasteiger partial charge in [-0.05, 0) is 29.3 Å². The molecule has 0 aliphatic heterocycles. The molecule has 12 heavy (non-hydrogen) atoms. The molecule has 0 saturated carbocycles. The molecule has 0 atom stereocenters.